The van der Waals surface area contributed by atoms with E-state index in [0.717, 1.165) is 13.1 Å². The van der Waals surface area contributed by atoms with Crippen LogP contribution < -0.4 is 11.1 Å². The molecular formula is C15H33N3O. The standard InChI is InChI=1S/C15H33N3O/c1-5-7-9-18(10-8-6-2)14(12-16)11-15(19)17-13(3)4/h13-14H,5-12,16H2,1-4H3,(H,17,19). The Morgan fingerprint density at radius 1 is 1.16 bits per heavy atom. The quantitative estimate of drug-likeness (QED) is 0.605. The van der Waals surface area contributed by atoms with Crippen molar-refractivity contribution in [3.63, 3.8) is 0 Å². The van der Waals surface area contributed by atoms with Gasteiger partial charge in [-0.05, 0) is 39.8 Å². The van der Waals surface area contributed by atoms with Gasteiger partial charge in [0.15, 0.2) is 0 Å². The number of nitrogens with two attached hydrogens (primary N) is 1. The number of nitrogens with one attached hydrogen (secondary N) is 1. The molecule has 0 spiro atoms. The van der Waals surface area contributed by atoms with Crippen molar-refractivity contribution >= 4 is 5.91 Å². The molecule has 114 valence electrons. The van der Waals surface area contributed by atoms with E-state index in [9.17, 15) is 4.79 Å². The first-order valence-corrected chi connectivity index (χ1v) is 7.78. The molecule has 0 aliphatic heterocycles. The summed E-state index contributed by atoms with van der Waals surface area (Å²) in [5.41, 5.74) is 5.87. The third kappa shape index (κ3) is 9.00. The fourth-order valence-electron chi connectivity index (χ4n) is 2.16. The van der Waals surface area contributed by atoms with Crippen molar-refractivity contribution < 1.29 is 4.79 Å². The second-order valence-electron chi connectivity index (χ2n) is 5.56. The molecule has 4 nitrogen and oxygen atoms in total. The Hall–Kier alpha value is -0.610. The van der Waals surface area contributed by atoms with Crippen LogP contribution in [0.25, 0.3) is 0 Å². The Kier molecular flexibility index (Phi) is 10.9. The van der Waals surface area contributed by atoms with Crippen LogP contribution in [0, 0.1) is 0 Å². The van der Waals surface area contributed by atoms with Gasteiger partial charge in [-0.25, -0.2) is 0 Å². The zero-order chi connectivity index (χ0) is 14.7. The summed E-state index contributed by atoms with van der Waals surface area (Å²) < 4.78 is 0. The lowest BCUT2D eigenvalue weighted by Gasteiger charge is -2.30. The molecule has 1 atom stereocenters. The van der Waals surface area contributed by atoms with Crippen molar-refractivity contribution in [3.05, 3.63) is 0 Å². The zero-order valence-electron chi connectivity index (χ0n) is 13.2. The Labute approximate surface area is 119 Å². The molecule has 0 saturated heterocycles. The van der Waals surface area contributed by atoms with Crippen LogP contribution >= 0.6 is 0 Å². The Balaban J connectivity index is 4.39. The molecule has 4 heteroatoms. The average molecular weight is 271 g/mol. The predicted octanol–water partition coefficient (Wildman–Crippen LogP) is 2.13. The summed E-state index contributed by atoms with van der Waals surface area (Å²) in [4.78, 5) is 14.3. The second kappa shape index (κ2) is 11.2. The molecule has 19 heavy (non-hydrogen) atoms. The lowest BCUT2D eigenvalue weighted by atomic mass is 10.1. The minimum atomic E-state index is 0.114. The van der Waals surface area contributed by atoms with Gasteiger partial charge in [-0.3, -0.25) is 9.69 Å². The van der Waals surface area contributed by atoms with Crippen LogP contribution in [0.4, 0.5) is 0 Å². The van der Waals surface area contributed by atoms with E-state index < -0.39 is 0 Å². The van der Waals surface area contributed by atoms with E-state index in [0.29, 0.717) is 13.0 Å². The maximum Gasteiger partial charge on any atom is 0.221 e. The lowest BCUT2D eigenvalue weighted by Crippen LogP contribution is -2.45. The number of carbonyl (C=O) groups excluding carboxylic acids is 1. The molecule has 0 rings (SSSR count). The van der Waals surface area contributed by atoms with Gasteiger partial charge in [0.05, 0.1) is 0 Å². The topological polar surface area (TPSA) is 58.4 Å². The molecule has 0 heterocycles. The number of carbonyl (C=O) groups is 1. The molecule has 1 unspecified atom stereocenters. The van der Waals surface area contributed by atoms with Gasteiger partial charge in [-0.2, -0.15) is 0 Å². The molecule has 0 aliphatic rings. The molecule has 1 amide bonds. The van der Waals surface area contributed by atoms with Crippen LogP contribution in [-0.2, 0) is 4.79 Å². The molecule has 0 saturated carbocycles. The molecule has 0 fully saturated rings. The van der Waals surface area contributed by atoms with E-state index in [1.54, 1.807) is 0 Å². The highest BCUT2D eigenvalue weighted by Crippen LogP contribution is 2.08. The van der Waals surface area contributed by atoms with Gasteiger partial charge >= 0.3 is 0 Å². The molecule has 0 aliphatic carbocycles. The van der Waals surface area contributed by atoms with Crippen LogP contribution in [0.1, 0.15) is 59.8 Å². The van der Waals surface area contributed by atoms with Gasteiger partial charge in [0.25, 0.3) is 0 Å². The Morgan fingerprint density at radius 2 is 1.68 bits per heavy atom. The maximum absolute atomic E-state index is 11.9. The van der Waals surface area contributed by atoms with Crippen LogP contribution in [0.5, 0.6) is 0 Å². The highest BCUT2D eigenvalue weighted by molar-refractivity contribution is 5.76. The fourth-order valence-corrected chi connectivity index (χ4v) is 2.16. The number of amides is 1. The smallest absolute Gasteiger partial charge is 0.221 e. The average Bonchev–Trinajstić information content (AvgIpc) is 2.36. The number of hydrogen-bond donors (Lipinski definition) is 2. The molecular weight excluding hydrogens is 238 g/mol. The first-order valence-electron chi connectivity index (χ1n) is 7.78. The van der Waals surface area contributed by atoms with Crippen molar-refractivity contribution in [1.82, 2.24) is 10.2 Å². The van der Waals surface area contributed by atoms with Crippen LogP contribution in [0.15, 0.2) is 0 Å². The van der Waals surface area contributed by atoms with E-state index in [1.807, 2.05) is 13.8 Å². The van der Waals surface area contributed by atoms with E-state index in [2.05, 4.69) is 24.1 Å². The van der Waals surface area contributed by atoms with E-state index in [-0.39, 0.29) is 18.0 Å². The molecule has 0 aromatic heterocycles. The van der Waals surface area contributed by atoms with Gasteiger partial charge in [0.1, 0.15) is 0 Å². The first kappa shape index (κ1) is 18.4. The highest BCUT2D eigenvalue weighted by Gasteiger charge is 2.19. The van der Waals surface area contributed by atoms with Crippen molar-refractivity contribution in [2.45, 2.75) is 71.9 Å². The van der Waals surface area contributed by atoms with Gasteiger partial charge in [0.2, 0.25) is 5.91 Å². The van der Waals surface area contributed by atoms with Gasteiger partial charge in [0, 0.05) is 25.0 Å². The molecule has 0 radical (unpaired) electrons. The highest BCUT2D eigenvalue weighted by atomic mass is 16.1. The van der Waals surface area contributed by atoms with Crippen LogP contribution in [-0.4, -0.2) is 42.5 Å². The zero-order valence-corrected chi connectivity index (χ0v) is 13.2. The van der Waals surface area contributed by atoms with Crippen molar-refractivity contribution in [3.8, 4) is 0 Å². The largest absolute Gasteiger partial charge is 0.354 e. The third-order valence-corrected chi connectivity index (χ3v) is 3.26. The van der Waals surface area contributed by atoms with E-state index in [1.165, 1.54) is 25.7 Å². The molecule has 0 aromatic carbocycles. The van der Waals surface area contributed by atoms with Crippen molar-refractivity contribution in [1.29, 1.82) is 0 Å². The lowest BCUT2D eigenvalue weighted by molar-refractivity contribution is -0.122. The number of nitrogens with zero attached hydrogens (tertiary/aromatic N) is 1. The van der Waals surface area contributed by atoms with Crippen molar-refractivity contribution in [2.75, 3.05) is 19.6 Å². The summed E-state index contributed by atoms with van der Waals surface area (Å²) in [6.07, 6.45) is 5.22. The summed E-state index contributed by atoms with van der Waals surface area (Å²) in [5, 5.41) is 2.95. The molecule has 3 N–H and O–H groups in total. The normalized spacial score (nSPS) is 13.0. The summed E-state index contributed by atoms with van der Waals surface area (Å²) >= 11 is 0. The Morgan fingerprint density at radius 3 is 2.05 bits per heavy atom. The summed E-state index contributed by atoms with van der Waals surface area (Å²) in [5.74, 6) is 0.114. The fraction of sp³-hybridized carbons (Fsp3) is 0.933. The SMILES string of the molecule is CCCCN(CCCC)C(CN)CC(=O)NC(C)C. The van der Waals surface area contributed by atoms with Crippen LogP contribution in [0.3, 0.4) is 0 Å². The molecule has 0 bridgehead atoms. The number of unbranched alkanes of at least 4 members (excludes halogenated alkanes) is 2. The first-order chi connectivity index (χ1) is 9.04. The Bertz CT molecular complexity index is 223. The summed E-state index contributed by atoms with van der Waals surface area (Å²) in [6, 6.07) is 0.377. The van der Waals surface area contributed by atoms with Gasteiger partial charge in [-0.15, -0.1) is 0 Å². The monoisotopic (exact) mass is 271 g/mol. The van der Waals surface area contributed by atoms with E-state index >= 15 is 0 Å². The van der Waals surface area contributed by atoms with Crippen LogP contribution in [0.2, 0.25) is 0 Å². The number of rotatable bonds is 11. The minimum absolute atomic E-state index is 0.114. The maximum atomic E-state index is 11.9. The van der Waals surface area contributed by atoms with Gasteiger partial charge in [-0.1, -0.05) is 26.7 Å². The number of hydrogen-bond acceptors (Lipinski definition) is 3. The second-order valence-corrected chi connectivity index (χ2v) is 5.56. The summed E-state index contributed by atoms with van der Waals surface area (Å²) in [6.45, 7) is 11.0. The third-order valence-electron chi connectivity index (χ3n) is 3.26. The molecule has 0 aromatic rings. The minimum Gasteiger partial charge on any atom is -0.354 e. The summed E-state index contributed by atoms with van der Waals surface area (Å²) in [7, 11) is 0. The predicted molar refractivity (Wildman–Crippen MR) is 82.1 cm³/mol. The van der Waals surface area contributed by atoms with Crippen molar-refractivity contribution in [2.24, 2.45) is 5.73 Å². The van der Waals surface area contributed by atoms with Gasteiger partial charge < -0.3 is 11.1 Å². The van der Waals surface area contributed by atoms with E-state index in [4.69, 9.17) is 5.73 Å².